The quantitative estimate of drug-likeness (QED) is 0.617. The van der Waals surface area contributed by atoms with Gasteiger partial charge in [-0.1, -0.05) is 30.3 Å². The predicted molar refractivity (Wildman–Crippen MR) is 118 cm³/mol. The zero-order valence-electron chi connectivity index (χ0n) is 18.1. The van der Waals surface area contributed by atoms with Crippen LogP contribution in [0.2, 0.25) is 0 Å². The highest BCUT2D eigenvalue weighted by molar-refractivity contribution is 7.17. The van der Waals surface area contributed by atoms with Crippen LogP contribution in [0.1, 0.15) is 40.2 Å². The summed E-state index contributed by atoms with van der Waals surface area (Å²) in [4.78, 5) is 39.1. The Kier molecular flexibility index (Phi) is 7.57. The molecule has 0 saturated carbocycles. The number of rotatable bonds is 6. The highest BCUT2D eigenvalue weighted by Crippen LogP contribution is 2.38. The molecular formula is C23H23F3N2O4S. The molecule has 0 spiro atoms. The number of hydrogen-bond acceptors (Lipinski definition) is 6. The number of ketones is 1. The lowest BCUT2D eigenvalue weighted by atomic mass is 9.98. The fraction of sp³-hybridized carbons (Fsp3) is 0.348. The summed E-state index contributed by atoms with van der Waals surface area (Å²) in [6.07, 6.45) is -2.89. The second-order valence-corrected chi connectivity index (χ2v) is 8.58. The highest BCUT2D eigenvalue weighted by atomic mass is 32.1. The number of carbonyl (C=O) groups is 3. The molecule has 1 amide bonds. The summed E-state index contributed by atoms with van der Waals surface area (Å²) in [6, 6.07) is 9.60. The van der Waals surface area contributed by atoms with Gasteiger partial charge in [0.05, 0.1) is 12.2 Å². The van der Waals surface area contributed by atoms with Crippen LogP contribution in [0.15, 0.2) is 42.1 Å². The van der Waals surface area contributed by atoms with Crippen LogP contribution in [0.4, 0.5) is 18.2 Å². The Morgan fingerprint density at radius 2 is 1.88 bits per heavy atom. The number of carbonyl (C=O) groups excluding carboxylic acids is 3. The molecule has 1 aromatic heterocycles. The minimum atomic E-state index is -5.11. The molecule has 1 aromatic carbocycles. The van der Waals surface area contributed by atoms with Crippen LogP contribution in [-0.4, -0.2) is 41.9 Å². The number of amides is 1. The predicted octanol–water partition coefficient (Wildman–Crippen LogP) is 4.50. The fourth-order valence-corrected chi connectivity index (χ4v) is 4.77. The molecule has 176 valence electrons. The number of benzene rings is 1. The third kappa shape index (κ3) is 6.01. The Hall–Kier alpha value is -3.14. The SMILES string of the molecule is CCOC(=O)c1c(NC(=O)C(F)(F)F)sc2c1CCN(Cc1ccccc1)/C=C(/C(C)=O)C2. The van der Waals surface area contributed by atoms with E-state index in [0.29, 0.717) is 35.5 Å². The molecular weight excluding hydrogens is 457 g/mol. The molecule has 0 atom stereocenters. The number of halogens is 3. The molecule has 0 radical (unpaired) electrons. The van der Waals surface area contributed by atoms with Gasteiger partial charge in [0.15, 0.2) is 5.78 Å². The van der Waals surface area contributed by atoms with E-state index in [1.807, 2.05) is 40.5 Å². The Bertz CT molecular complexity index is 1080. The normalized spacial score (nSPS) is 15.5. The molecule has 0 bridgehead atoms. The van der Waals surface area contributed by atoms with E-state index in [2.05, 4.69) is 0 Å². The lowest BCUT2D eigenvalue weighted by Crippen LogP contribution is -2.30. The van der Waals surface area contributed by atoms with E-state index in [4.69, 9.17) is 4.74 Å². The van der Waals surface area contributed by atoms with Gasteiger partial charge in [-0.25, -0.2) is 4.79 Å². The number of fused-ring (bicyclic) bond motifs is 1. The van der Waals surface area contributed by atoms with Gasteiger partial charge in [0.1, 0.15) is 5.00 Å². The third-order valence-electron chi connectivity index (χ3n) is 5.07. The standard InChI is InChI=1S/C23H23F3N2O4S/c1-3-32-21(30)19-17-9-10-28(12-15-7-5-4-6-8-15)13-16(14(2)29)11-18(17)33-20(19)27-22(31)23(24,25)26/h4-8,13H,3,9-12H2,1-2H3,(H,27,31)/b16-13+. The van der Waals surface area contributed by atoms with Crippen molar-refractivity contribution in [1.82, 2.24) is 4.90 Å². The maximum atomic E-state index is 12.9. The summed E-state index contributed by atoms with van der Waals surface area (Å²) in [6.45, 7) is 3.95. The van der Waals surface area contributed by atoms with Crippen LogP contribution in [-0.2, 0) is 33.7 Å². The molecule has 2 heterocycles. The molecule has 33 heavy (non-hydrogen) atoms. The summed E-state index contributed by atoms with van der Waals surface area (Å²) in [5.41, 5.74) is 1.88. The van der Waals surface area contributed by atoms with Crippen molar-refractivity contribution in [3.63, 3.8) is 0 Å². The number of anilines is 1. The van der Waals surface area contributed by atoms with Gasteiger partial charge in [0, 0.05) is 36.2 Å². The van der Waals surface area contributed by atoms with Gasteiger partial charge < -0.3 is 15.0 Å². The number of nitrogens with zero attached hydrogens (tertiary/aromatic N) is 1. The van der Waals surface area contributed by atoms with E-state index in [9.17, 15) is 27.6 Å². The molecule has 0 unspecified atom stereocenters. The van der Waals surface area contributed by atoms with Crippen molar-refractivity contribution in [2.24, 2.45) is 0 Å². The second-order valence-electron chi connectivity index (χ2n) is 7.47. The van der Waals surface area contributed by atoms with E-state index in [0.717, 1.165) is 16.9 Å². The number of ether oxygens (including phenoxy) is 1. The first-order valence-electron chi connectivity index (χ1n) is 10.3. The van der Waals surface area contributed by atoms with Crippen molar-refractivity contribution in [3.05, 3.63) is 63.7 Å². The van der Waals surface area contributed by atoms with E-state index < -0.39 is 18.1 Å². The molecule has 0 aliphatic carbocycles. The molecule has 0 fully saturated rings. The molecule has 0 saturated heterocycles. The fourth-order valence-electron chi connectivity index (χ4n) is 3.52. The molecule has 3 rings (SSSR count). The van der Waals surface area contributed by atoms with Gasteiger partial charge in [-0.3, -0.25) is 9.59 Å². The van der Waals surface area contributed by atoms with Gasteiger partial charge in [0.25, 0.3) is 0 Å². The summed E-state index contributed by atoms with van der Waals surface area (Å²) in [5.74, 6) is -3.17. The van der Waals surface area contributed by atoms with E-state index in [-0.39, 0.29) is 29.4 Å². The summed E-state index contributed by atoms with van der Waals surface area (Å²) >= 11 is 0.865. The molecule has 10 heteroatoms. The molecule has 1 aliphatic rings. The van der Waals surface area contributed by atoms with E-state index >= 15 is 0 Å². The number of Topliss-reactive ketones (excluding diaryl/α,β-unsaturated/α-hetero) is 1. The summed E-state index contributed by atoms with van der Waals surface area (Å²) < 4.78 is 43.7. The average Bonchev–Trinajstić information content (AvgIpc) is 3.06. The first kappa shape index (κ1) is 24.5. The smallest absolute Gasteiger partial charge is 0.462 e. The molecule has 6 nitrogen and oxygen atoms in total. The third-order valence-corrected chi connectivity index (χ3v) is 6.22. The maximum Gasteiger partial charge on any atom is 0.471 e. The Labute approximate surface area is 193 Å². The minimum Gasteiger partial charge on any atom is -0.462 e. The van der Waals surface area contributed by atoms with Crippen LogP contribution < -0.4 is 5.32 Å². The van der Waals surface area contributed by atoms with E-state index in [1.165, 1.54) is 6.92 Å². The summed E-state index contributed by atoms with van der Waals surface area (Å²) in [7, 11) is 0. The summed E-state index contributed by atoms with van der Waals surface area (Å²) in [5, 5.41) is 1.60. The van der Waals surface area contributed by atoms with E-state index in [1.54, 1.807) is 13.1 Å². The largest absolute Gasteiger partial charge is 0.471 e. The number of thiophene rings is 1. The van der Waals surface area contributed by atoms with Crippen LogP contribution in [0.25, 0.3) is 0 Å². The molecule has 2 aromatic rings. The monoisotopic (exact) mass is 480 g/mol. The van der Waals surface area contributed by atoms with Crippen LogP contribution >= 0.6 is 11.3 Å². The van der Waals surface area contributed by atoms with Crippen molar-refractivity contribution in [2.45, 2.75) is 39.4 Å². The Morgan fingerprint density at radius 1 is 1.18 bits per heavy atom. The highest BCUT2D eigenvalue weighted by Gasteiger charge is 2.40. The van der Waals surface area contributed by atoms with Crippen molar-refractivity contribution in [1.29, 1.82) is 0 Å². The Balaban J connectivity index is 2.01. The van der Waals surface area contributed by atoms with Crippen molar-refractivity contribution < 1.29 is 32.3 Å². The topological polar surface area (TPSA) is 75.7 Å². The van der Waals surface area contributed by atoms with Crippen LogP contribution in [0.5, 0.6) is 0 Å². The van der Waals surface area contributed by atoms with Crippen LogP contribution in [0.3, 0.4) is 0 Å². The van der Waals surface area contributed by atoms with Gasteiger partial charge >= 0.3 is 18.1 Å². The first-order chi connectivity index (χ1) is 15.6. The lowest BCUT2D eigenvalue weighted by molar-refractivity contribution is -0.167. The minimum absolute atomic E-state index is 0.0227. The molecule has 1 N–H and O–H groups in total. The maximum absolute atomic E-state index is 12.9. The number of alkyl halides is 3. The lowest BCUT2D eigenvalue weighted by Gasteiger charge is -2.24. The number of hydrogen-bond donors (Lipinski definition) is 1. The van der Waals surface area contributed by atoms with Gasteiger partial charge in [0.2, 0.25) is 0 Å². The number of allylic oxidation sites excluding steroid dienone is 1. The number of esters is 1. The Morgan fingerprint density at radius 3 is 2.48 bits per heavy atom. The molecule has 1 aliphatic heterocycles. The average molecular weight is 481 g/mol. The zero-order valence-corrected chi connectivity index (χ0v) is 18.9. The van der Waals surface area contributed by atoms with Gasteiger partial charge in [-0.05, 0) is 31.4 Å². The van der Waals surface area contributed by atoms with Crippen molar-refractivity contribution in [2.75, 3.05) is 18.5 Å². The van der Waals surface area contributed by atoms with Crippen molar-refractivity contribution >= 4 is 34.0 Å². The van der Waals surface area contributed by atoms with Crippen molar-refractivity contribution in [3.8, 4) is 0 Å². The number of nitrogens with one attached hydrogen (secondary N) is 1. The first-order valence-corrected chi connectivity index (χ1v) is 11.1. The van der Waals surface area contributed by atoms with Crippen LogP contribution in [0, 0.1) is 0 Å². The second kappa shape index (κ2) is 10.2. The van der Waals surface area contributed by atoms with Gasteiger partial charge in [-0.2, -0.15) is 13.2 Å². The van der Waals surface area contributed by atoms with Gasteiger partial charge in [-0.15, -0.1) is 11.3 Å². The zero-order chi connectivity index (χ0) is 24.2.